The summed E-state index contributed by atoms with van der Waals surface area (Å²) in [5, 5.41) is 22.3. The maximum absolute atomic E-state index is 10.5. The van der Waals surface area contributed by atoms with E-state index in [1.54, 1.807) is 0 Å². The van der Waals surface area contributed by atoms with Gasteiger partial charge in [-0.05, 0) is 36.6 Å². The molecule has 1 aromatic rings. The minimum absolute atomic E-state index is 0.816. The highest BCUT2D eigenvalue weighted by Gasteiger charge is 2.34. The number of hydrogen-bond acceptors (Lipinski definition) is 4. The zero-order chi connectivity index (χ0) is 22.3. The zero-order valence-electron chi connectivity index (χ0n) is 17.5. The monoisotopic (exact) mass is 418 g/mol. The van der Waals surface area contributed by atoms with Crippen molar-refractivity contribution in [2.24, 2.45) is 5.16 Å². The van der Waals surface area contributed by atoms with Crippen molar-refractivity contribution in [1.82, 2.24) is 0 Å². The number of carboxylic acids is 1. The molecule has 0 atom stereocenters. The molecule has 8 heteroatoms. The molecule has 0 saturated carbocycles. The van der Waals surface area contributed by atoms with Crippen LogP contribution in [0.25, 0.3) is 0 Å². The van der Waals surface area contributed by atoms with Crippen LogP contribution in [0.15, 0.2) is 35.5 Å². The predicted octanol–water partition coefficient (Wildman–Crippen LogP) is 4.34. The Kier molecular flexibility index (Phi) is 13.0. The highest BCUT2D eigenvalue weighted by molar-refractivity contribution is 5.93. The summed E-state index contributed by atoms with van der Waals surface area (Å²) in [4.78, 5) is 8.78. The highest BCUT2D eigenvalue weighted by atomic mass is 19.4. The molecule has 0 aliphatic carbocycles. The number of nitrogens with zero attached hydrogens (tertiary/aromatic N) is 2. The van der Waals surface area contributed by atoms with Gasteiger partial charge in [0.15, 0.2) is 0 Å². The Hall–Kier alpha value is -2.09. The van der Waals surface area contributed by atoms with Gasteiger partial charge in [-0.3, -0.25) is 4.48 Å². The van der Waals surface area contributed by atoms with Crippen LogP contribution in [0, 0.1) is 0 Å². The Bertz CT molecular complexity index is 583. The zero-order valence-corrected chi connectivity index (χ0v) is 17.5. The third kappa shape index (κ3) is 9.78. The number of halogens is 3. The topological polar surface area (TPSA) is 72.7 Å². The summed E-state index contributed by atoms with van der Waals surface area (Å²) in [6.45, 7) is 9.87. The normalized spacial score (nSPS) is 12.3. The molecule has 0 fully saturated rings. The maximum atomic E-state index is 10.5. The van der Waals surface area contributed by atoms with E-state index in [9.17, 15) is 18.4 Å². The van der Waals surface area contributed by atoms with E-state index < -0.39 is 12.1 Å². The van der Waals surface area contributed by atoms with Crippen LogP contribution in [0.1, 0.15) is 64.9 Å². The van der Waals surface area contributed by atoms with Crippen molar-refractivity contribution >= 4 is 11.8 Å². The third-order valence-electron chi connectivity index (χ3n) is 4.63. The smallest absolute Gasteiger partial charge is 0.430 e. The van der Waals surface area contributed by atoms with Gasteiger partial charge >= 0.3 is 6.18 Å². The quantitative estimate of drug-likeness (QED) is 0.202. The molecule has 1 rings (SSSR count). The summed E-state index contributed by atoms with van der Waals surface area (Å²) >= 11 is 0. The molecular weight excluding hydrogens is 385 g/mol. The number of hydrogen-bond donors (Lipinski definition) is 1. The lowest BCUT2D eigenvalue weighted by Gasteiger charge is -2.38. The van der Waals surface area contributed by atoms with E-state index in [2.05, 4.69) is 38.1 Å². The number of unbranched alkanes of at least 4 members (excludes halogenated alkanes) is 3. The Morgan fingerprint density at radius 2 is 1.34 bits per heavy atom. The van der Waals surface area contributed by atoms with Gasteiger partial charge in [-0.15, -0.1) is 0 Å². The van der Waals surface area contributed by atoms with Gasteiger partial charge in [0.05, 0.1) is 25.2 Å². The van der Waals surface area contributed by atoms with Crippen LogP contribution >= 0.6 is 0 Å². The first kappa shape index (κ1) is 26.9. The summed E-state index contributed by atoms with van der Waals surface area (Å²) in [7, 11) is 0. The van der Waals surface area contributed by atoms with Crippen LogP contribution in [0.4, 0.5) is 13.2 Å². The molecular formula is C21H33F3N2O3. The van der Waals surface area contributed by atoms with Crippen LogP contribution < -0.4 is 5.11 Å². The van der Waals surface area contributed by atoms with Crippen molar-refractivity contribution in [2.75, 3.05) is 19.6 Å². The van der Waals surface area contributed by atoms with Crippen LogP contribution in [0.3, 0.4) is 0 Å². The fourth-order valence-corrected chi connectivity index (χ4v) is 3.05. The van der Waals surface area contributed by atoms with Crippen molar-refractivity contribution in [3.63, 3.8) is 0 Å². The molecule has 0 spiro atoms. The van der Waals surface area contributed by atoms with E-state index in [1.165, 1.54) is 38.5 Å². The van der Waals surface area contributed by atoms with E-state index >= 15 is 0 Å². The number of amidine groups is 1. The number of rotatable bonds is 10. The number of quaternary nitrogens is 1. The molecule has 0 bridgehead atoms. The number of carbonyl (C=O) groups is 1. The van der Waals surface area contributed by atoms with Gasteiger partial charge < -0.3 is 15.1 Å². The first-order valence-corrected chi connectivity index (χ1v) is 10.1. The average molecular weight is 418 g/mol. The number of carbonyl (C=O) groups excluding carboxylic acids is 1. The molecule has 0 saturated heterocycles. The molecule has 1 aromatic carbocycles. The van der Waals surface area contributed by atoms with Gasteiger partial charge in [-0.1, -0.05) is 58.2 Å². The Morgan fingerprint density at radius 3 is 1.62 bits per heavy atom. The van der Waals surface area contributed by atoms with Crippen molar-refractivity contribution in [1.29, 1.82) is 0 Å². The lowest BCUT2D eigenvalue weighted by molar-refractivity contribution is -0.842. The fraction of sp³-hybridized carbons (Fsp3) is 0.619. The van der Waals surface area contributed by atoms with Crippen molar-refractivity contribution in [3.8, 4) is 0 Å². The van der Waals surface area contributed by atoms with E-state index in [4.69, 9.17) is 9.90 Å². The maximum Gasteiger partial charge on any atom is 0.430 e. The second kappa shape index (κ2) is 14.0. The van der Waals surface area contributed by atoms with E-state index in [0.717, 1.165) is 35.5 Å². The summed E-state index contributed by atoms with van der Waals surface area (Å²) in [6, 6.07) is 10.2. The van der Waals surface area contributed by atoms with E-state index in [0.29, 0.717) is 0 Å². The van der Waals surface area contributed by atoms with Gasteiger partial charge in [0.1, 0.15) is 5.97 Å². The van der Waals surface area contributed by atoms with E-state index in [-0.39, 0.29) is 0 Å². The molecule has 0 radical (unpaired) electrons. The Balaban J connectivity index is 0.000000956. The molecule has 5 nitrogen and oxygen atoms in total. The highest BCUT2D eigenvalue weighted by Crippen LogP contribution is 2.21. The number of aliphatic carboxylic acids is 1. The number of benzene rings is 1. The summed E-state index contributed by atoms with van der Waals surface area (Å²) in [6.07, 6.45) is 1.82. The predicted molar refractivity (Wildman–Crippen MR) is 105 cm³/mol. The average Bonchev–Trinajstić information content (AvgIpc) is 2.69. The van der Waals surface area contributed by atoms with Crippen molar-refractivity contribution < 1.29 is 32.8 Å². The second-order valence-electron chi connectivity index (χ2n) is 6.95. The minimum atomic E-state index is -5.19. The van der Waals surface area contributed by atoms with Crippen LogP contribution in [-0.4, -0.2) is 47.3 Å². The molecule has 166 valence electrons. The number of oxime groups is 1. The molecule has 0 aliphatic rings. The van der Waals surface area contributed by atoms with Crippen molar-refractivity contribution in [3.05, 3.63) is 35.9 Å². The molecule has 0 aliphatic heterocycles. The standard InChI is InChI=1S/C19H32N2O.C2HF3O2/c1-4-7-15-21(16-8-5-2,17-9-6-3)19(20-22)18-13-11-10-12-14-18;3-2(4,5)1(6)7/h10-14H,4-9,15-17H2,1-3H3;(H,6,7). The Labute approximate surface area is 171 Å². The van der Waals surface area contributed by atoms with Gasteiger partial charge in [-0.25, -0.2) is 0 Å². The molecule has 29 heavy (non-hydrogen) atoms. The molecule has 0 unspecified atom stereocenters. The van der Waals surface area contributed by atoms with Crippen molar-refractivity contribution in [2.45, 2.75) is 65.5 Å². The SMILES string of the molecule is CCCC[N+](CCCC)(CCCC)C(=NO)c1ccccc1.O=C([O-])C(F)(F)F. The molecule has 0 heterocycles. The molecule has 0 amide bonds. The lowest BCUT2D eigenvalue weighted by Crippen LogP contribution is -2.55. The number of carboxylic acid groups (broad SMARTS) is 1. The number of alkyl halides is 3. The lowest BCUT2D eigenvalue weighted by atomic mass is 10.1. The Morgan fingerprint density at radius 1 is 0.966 bits per heavy atom. The first-order valence-electron chi connectivity index (χ1n) is 10.1. The van der Waals surface area contributed by atoms with Gasteiger partial charge in [0.2, 0.25) is 0 Å². The minimum Gasteiger partial charge on any atom is -0.542 e. The third-order valence-corrected chi connectivity index (χ3v) is 4.63. The molecule has 1 N–H and O–H groups in total. The van der Waals surface area contributed by atoms with Gasteiger partial charge in [0.25, 0.3) is 5.84 Å². The van der Waals surface area contributed by atoms with Crippen LogP contribution in [-0.2, 0) is 4.79 Å². The van der Waals surface area contributed by atoms with Gasteiger partial charge in [-0.2, -0.15) is 13.2 Å². The van der Waals surface area contributed by atoms with Crippen LogP contribution in [0.5, 0.6) is 0 Å². The fourth-order valence-electron chi connectivity index (χ4n) is 3.05. The first-order chi connectivity index (χ1) is 13.7. The molecule has 0 aromatic heterocycles. The largest absolute Gasteiger partial charge is 0.542 e. The summed E-state index contributed by atoms with van der Waals surface area (Å²) in [5.41, 5.74) is 1.05. The van der Waals surface area contributed by atoms with E-state index in [1.807, 2.05) is 18.2 Å². The second-order valence-corrected chi connectivity index (χ2v) is 6.95. The van der Waals surface area contributed by atoms with Crippen LogP contribution in [0.2, 0.25) is 0 Å². The van der Waals surface area contributed by atoms with Gasteiger partial charge in [0, 0.05) is 0 Å². The summed E-state index contributed by atoms with van der Waals surface area (Å²) < 4.78 is 32.4. The summed E-state index contributed by atoms with van der Waals surface area (Å²) in [5.74, 6) is -2.16.